The summed E-state index contributed by atoms with van der Waals surface area (Å²) in [5, 5.41) is 12.7. The molecule has 1 heterocycles. The Hall–Kier alpha value is -2.64. The molecule has 1 aromatic heterocycles. The predicted octanol–water partition coefficient (Wildman–Crippen LogP) is 4.53. The highest BCUT2D eigenvalue weighted by molar-refractivity contribution is 7.99. The quantitative estimate of drug-likeness (QED) is 0.275. The van der Waals surface area contributed by atoms with Crippen molar-refractivity contribution in [3.8, 4) is 5.69 Å². The zero-order valence-corrected chi connectivity index (χ0v) is 19.2. The summed E-state index contributed by atoms with van der Waals surface area (Å²) in [6, 6.07) is 15.2. The van der Waals surface area contributed by atoms with Crippen LogP contribution in [0.5, 0.6) is 0 Å². The number of thioether (sulfide) groups is 1. The second-order valence-electron chi connectivity index (χ2n) is 7.06. The number of aromatic nitrogens is 3. The van der Waals surface area contributed by atoms with Gasteiger partial charge in [0, 0.05) is 36.2 Å². The lowest BCUT2D eigenvalue weighted by molar-refractivity contribution is -0.118. The standard InChI is InChI=1S/C23H25ClN4O2S/c1-3-17-6-8-18(9-7-17)21(30)15-31-23-27-26-22(5-4-14-25-16(2)29)28(23)20-12-10-19(24)11-13-20/h6-13H,3-5,14-15H2,1-2H3,(H,25,29). The molecule has 1 amide bonds. The normalized spacial score (nSPS) is 10.8. The highest BCUT2D eigenvalue weighted by Gasteiger charge is 2.16. The average molecular weight is 457 g/mol. The lowest BCUT2D eigenvalue weighted by atomic mass is 10.1. The highest BCUT2D eigenvalue weighted by Crippen LogP contribution is 2.25. The molecule has 8 heteroatoms. The molecule has 3 rings (SSSR count). The van der Waals surface area contributed by atoms with Gasteiger partial charge in [-0.1, -0.05) is 54.6 Å². The SMILES string of the molecule is CCc1ccc(C(=O)CSc2nnc(CCCNC(C)=O)n2-c2ccc(Cl)cc2)cc1. The van der Waals surface area contributed by atoms with Crippen molar-refractivity contribution in [2.24, 2.45) is 0 Å². The molecule has 0 aliphatic rings. The van der Waals surface area contributed by atoms with E-state index in [2.05, 4.69) is 22.4 Å². The molecular weight excluding hydrogens is 432 g/mol. The molecule has 31 heavy (non-hydrogen) atoms. The Bertz CT molecular complexity index is 1030. The molecule has 0 radical (unpaired) electrons. The summed E-state index contributed by atoms with van der Waals surface area (Å²) in [6.45, 7) is 4.15. The first-order valence-electron chi connectivity index (χ1n) is 10.2. The molecule has 0 spiro atoms. The maximum Gasteiger partial charge on any atom is 0.216 e. The molecule has 0 atom stereocenters. The minimum atomic E-state index is -0.0547. The molecule has 3 aromatic rings. The van der Waals surface area contributed by atoms with E-state index >= 15 is 0 Å². The molecule has 0 aliphatic heterocycles. The Morgan fingerprint density at radius 1 is 1.06 bits per heavy atom. The Labute approximate surface area is 191 Å². The Balaban J connectivity index is 1.75. The van der Waals surface area contributed by atoms with Crippen LogP contribution >= 0.6 is 23.4 Å². The number of nitrogens with zero attached hydrogens (tertiary/aromatic N) is 3. The van der Waals surface area contributed by atoms with E-state index in [1.165, 1.54) is 24.2 Å². The number of carbonyl (C=O) groups excluding carboxylic acids is 2. The predicted molar refractivity (Wildman–Crippen MR) is 124 cm³/mol. The Kier molecular flexibility index (Phi) is 8.26. The summed E-state index contributed by atoms with van der Waals surface area (Å²) in [6.07, 6.45) is 2.32. The lowest BCUT2D eigenvalue weighted by Crippen LogP contribution is -2.21. The van der Waals surface area contributed by atoms with E-state index in [0.717, 1.165) is 24.4 Å². The minimum absolute atomic E-state index is 0.0468. The fraction of sp³-hybridized carbons (Fsp3) is 0.304. The minimum Gasteiger partial charge on any atom is -0.356 e. The second-order valence-corrected chi connectivity index (χ2v) is 8.44. The van der Waals surface area contributed by atoms with Crippen molar-refractivity contribution in [3.63, 3.8) is 0 Å². The van der Waals surface area contributed by atoms with Gasteiger partial charge < -0.3 is 5.32 Å². The van der Waals surface area contributed by atoms with Crippen molar-refractivity contribution in [2.75, 3.05) is 12.3 Å². The second kappa shape index (κ2) is 11.1. The van der Waals surface area contributed by atoms with Gasteiger partial charge in [-0.05, 0) is 42.7 Å². The van der Waals surface area contributed by atoms with Gasteiger partial charge in [0.25, 0.3) is 0 Å². The van der Waals surface area contributed by atoms with Crippen molar-refractivity contribution < 1.29 is 9.59 Å². The Morgan fingerprint density at radius 2 is 1.77 bits per heavy atom. The number of ketones is 1. The zero-order valence-electron chi connectivity index (χ0n) is 17.6. The fourth-order valence-corrected chi connectivity index (χ4v) is 4.05. The third kappa shape index (κ3) is 6.42. The van der Waals surface area contributed by atoms with Crippen LogP contribution in [0, 0.1) is 0 Å². The van der Waals surface area contributed by atoms with Crippen LogP contribution in [-0.4, -0.2) is 38.8 Å². The van der Waals surface area contributed by atoms with Crippen LogP contribution in [-0.2, 0) is 17.6 Å². The van der Waals surface area contributed by atoms with E-state index in [9.17, 15) is 9.59 Å². The van der Waals surface area contributed by atoms with Crippen molar-refractivity contribution in [1.29, 1.82) is 0 Å². The lowest BCUT2D eigenvalue weighted by Gasteiger charge is -2.10. The van der Waals surface area contributed by atoms with E-state index in [4.69, 9.17) is 11.6 Å². The number of halogens is 1. The van der Waals surface area contributed by atoms with Gasteiger partial charge in [0.15, 0.2) is 10.9 Å². The van der Waals surface area contributed by atoms with Gasteiger partial charge in [0.05, 0.1) is 5.75 Å². The van der Waals surface area contributed by atoms with Crippen LogP contribution < -0.4 is 5.32 Å². The molecule has 6 nitrogen and oxygen atoms in total. The van der Waals surface area contributed by atoms with Crippen molar-refractivity contribution in [1.82, 2.24) is 20.1 Å². The van der Waals surface area contributed by atoms with Crippen LogP contribution in [0.1, 0.15) is 42.0 Å². The van der Waals surface area contributed by atoms with Crippen LogP contribution in [0.2, 0.25) is 5.02 Å². The van der Waals surface area contributed by atoms with Crippen molar-refractivity contribution >= 4 is 35.1 Å². The van der Waals surface area contributed by atoms with Crippen LogP contribution in [0.4, 0.5) is 0 Å². The maximum absolute atomic E-state index is 12.7. The summed E-state index contributed by atoms with van der Waals surface area (Å²) in [5.74, 6) is 1.03. The van der Waals surface area contributed by atoms with E-state index in [1.54, 1.807) is 0 Å². The number of carbonyl (C=O) groups is 2. The number of benzene rings is 2. The van der Waals surface area contributed by atoms with E-state index < -0.39 is 0 Å². The van der Waals surface area contributed by atoms with Gasteiger partial charge in [0.2, 0.25) is 5.91 Å². The van der Waals surface area contributed by atoms with Crippen molar-refractivity contribution in [2.45, 2.75) is 38.3 Å². The van der Waals surface area contributed by atoms with Gasteiger partial charge in [-0.3, -0.25) is 14.2 Å². The first kappa shape index (κ1) is 23.0. The number of aryl methyl sites for hydroxylation is 2. The zero-order chi connectivity index (χ0) is 22.2. The molecule has 0 unspecified atom stereocenters. The number of Topliss-reactive ketones (excluding diaryl/α,β-unsaturated/α-hetero) is 1. The molecule has 0 saturated heterocycles. The molecule has 0 aliphatic carbocycles. The summed E-state index contributed by atoms with van der Waals surface area (Å²) in [7, 11) is 0. The monoisotopic (exact) mass is 456 g/mol. The summed E-state index contributed by atoms with van der Waals surface area (Å²) >= 11 is 7.41. The van der Waals surface area contributed by atoms with Crippen molar-refractivity contribution in [3.05, 3.63) is 70.5 Å². The van der Waals surface area contributed by atoms with Crippen LogP contribution in [0.15, 0.2) is 53.7 Å². The third-order valence-electron chi connectivity index (χ3n) is 4.75. The first-order chi connectivity index (χ1) is 15.0. The van der Waals surface area contributed by atoms with E-state index in [1.807, 2.05) is 53.1 Å². The highest BCUT2D eigenvalue weighted by atomic mass is 35.5. The maximum atomic E-state index is 12.7. The van der Waals surface area contributed by atoms with E-state index in [-0.39, 0.29) is 17.4 Å². The molecule has 0 saturated carbocycles. The van der Waals surface area contributed by atoms with Gasteiger partial charge in [-0.2, -0.15) is 0 Å². The average Bonchev–Trinajstić information content (AvgIpc) is 3.18. The number of amides is 1. The summed E-state index contributed by atoms with van der Waals surface area (Å²) < 4.78 is 1.95. The van der Waals surface area contributed by atoms with Gasteiger partial charge in [0.1, 0.15) is 5.82 Å². The summed E-state index contributed by atoms with van der Waals surface area (Å²) in [4.78, 5) is 23.7. The van der Waals surface area contributed by atoms with Gasteiger partial charge in [-0.25, -0.2) is 0 Å². The molecule has 2 aromatic carbocycles. The first-order valence-corrected chi connectivity index (χ1v) is 11.5. The smallest absolute Gasteiger partial charge is 0.216 e. The number of hydrogen-bond donors (Lipinski definition) is 1. The molecule has 1 N–H and O–H groups in total. The van der Waals surface area contributed by atoms with Gasteiger partial charge >= 0.3 is 0 Å². The largest absolute Gasteiger partial charge is 0.356 e. The van der Waals surface area contributed by atoms with Gasteiger partial charge in [-0.15, -0.1) is 10.2 Å². The van der Waals surface area contributed by atoms with E-state index in [0.29, 0.717) is 28.7 Å². The molecule has 0 bridgehead atoms. The van der Waals surface area contributed by atoms with Crippen LogP contribution in [0.25, 0.3) is 5.69 Å². The summed E-state index contributed by atoms with van der Waals surface area (Å²) in [5.41, 5.74) is 2.78. The molecule has 162 valence electrons. The topological polar surface area (TPSA) is 76.9 Å². The molecular formula is C23H25ClN4O2S. The molecule has 0 fully saturated rings. The number of rotatable bonds is 10. The van der Waals surface area contributed by atoms with Crippen LogP contribution in [0.3, 0.4) is 0 Å². The number of hydrogen-bond acceptors (Lipinski definition) is 5. The third-order valence-corrected chi connectivity index (χ3v) is 5.93. The fourth-order valence-electron chi connectivity index (χ4n) is 3.06. The number of nitrogens with one attached hydrogen (secondary N) is 1. The Morgan fingerprint density at radius 3 is 2.42 bits per heavy atom.